The molecule has 0 amide bonds. The molecule has 1 nitrogen and oxygen atoms in total. The van der Waals surface area contributed by atoms with Gasteiger partial charge in [0.15, 0.2) is 0 Å². The number of hydrogen-bond donors (Lipinski definition) is 0. The number of benzene rings is 8. The zero-order valence-corrected chi connectivity index (χ0v) is 24.2. The summed E-state index contributed by atoms with van der Waals surface area (Å²) in [7, 11) is 0. The van der Waals surface area contributed by atoms with Gasteiger partial charge in [0.2, 0.25) is 0 Å². The van der Waals surface area contributed by atoms with E-state index < -0.39 is 0 Å². The maximum Gasteiger partial charge on any atom is 0.0645 e. The van der Waals surface area contributed by atoms with Gasteiger partial charge in [-0.15, -0.1) is 0 Å². The number of rotatable bonds is 6. The van der Waals surface area contributed by atoms with E-state index in [0.29, 0.717) is 16.8 Å². The highest BCUT2D eigenvalue weighted by Crippen LogP contribution is 2.39. The predicted octanol–water partition coefficient (Wildman–Crippen LogP) is 12.5. The summed E-state index contributed by atoms with van der Waals surface area (Å²) in [6.45, 7) is 0. The molecule has 0 atom stereocenters. The summed E-state index contributed by atoms with van der Waals surface area (Å²) in [4.78, 5) is 1.35. The minimum absolute atomic E-state index is 0.123. The van der Waals surface area contributed by atoms with E-state index in [4.69, 9.17) is 2.74 Å². The first-order chi connectivity index (χ1) is 25.6. The van der Waals surface area contributed by atoms with Gasteiger partial charge in [-0.3, -0.25) is 0 Å². The highest BCUT2D eigenvalue weighted by Gasteiger charge is 2.15. The van der Waals surface area contributed by atoms with Gasteiger partial charge in [0, 0.05) is 17.1 Å². The summed E-state index contributed by atoms with van der Waals surface area (Å²) >= 11 is 0. The molecule has 0 radical (unpaired) electrons. The Labute approximate surface area is 275 Å². The van der Waals surface area contributed by atoms with Gasteiger partial charge in [0.05, 0.1) is 11.0 Å². The van der Waals surface area contributed by atoms with Crippen LogP contribution in [0.25, 0.3) is 54.9 Å². The van der Waals surface area contributed by atoms with Crippen LogP contribution in [0, 0.1) is 0 Å². The van der Waals surface area contributed by atoms with Crippen molar-refractivity contribution >= 4 is 38.6 Å². The standard InChI is InChI=1S/C44H31N/c1-2-9-32(10-3-1)35-21-25-42(26-22-35)45(43-27-23-36(24-28-43)40-19-17-33-11-4-6-13-37(33)29-40)44-16-8-15-39(31-44)41-20-18-34-12-5-7-14-38(34)30-41/h1-31H/i21D,22D,23D,24D,25D,26D,27D,28D. The van der Waals surface area contributed by atoms with E-state index in [-0.39, 0.29) is 70.8 Å². The summed E-state index contributed by atoms with van der Waals surface area (Å²) in [5.41, 5.74) is 2.93. The molecule has 1 heteroatoms. The Kier molecular flexibility index (Phi) is 5.01. The lowest BCUT2D eigenvalue weighted by Crippen LogP contribution is -2.10. The van der Waals surface area contributed by atoms with Crippen LogP contribution in [0.1, 0.15) is 11.0 Å². The van der Waals surface area contributed by atoms with Crippen LogP contribution in [0.5, 0.6) is 0 Å². The van der Waals surface area contributed by atoms with Crippen molar-refractivity contribution in [1.29, 1.82) is 0 Å². The molecule has 45 heavy (non-hydrogen) atoms. The fourth-order valence-corrected chi connectivity index (χ4v) is 5.64. The van der Waals surface area contributed by atoms with Gasteiger partial charge in [0.1, 0.15) is 0 Å². The summed E-state index contributed by atoms with van der Waals surface area (Å²) in [6, 6.07) is 40.6. The van der Waals surface area contributed by atoms with Gasteiger partial charge >= 0.3 is 0 Å². The second-order valence-electron chi connectivity index (χ2n) is 10.8. The van der Waals surface area contributed by atoms with Crippen LogP contribution in [0.15, 0.2) is 188 Å². The molecule has 0 bridgehead atoms. The minimum Gasteiger partial charge on any atom is -0.310 e. The van der Waals surface area contributed by atoms with Gasteiger partial charge in [-0.2, -0.15) is 0 Å². The van der Waals surface area contributed by atoms with Crippen LogP contribution in [0.2, 0.25) is 0 Å². The minimum atomic E-state index is -0.380. The van der Waals surface area contributed by atoms with Crippen molar-refractivity contribution in [2.75, 3.05) is 4.90 Å². The van der Waals surface area contributed by atoms with E-state index in [0.717, 1.165) is 32.7 Å². The molecule has 0 N–H and O–H groups in total. The summed E-state index contributed by atoms with van der Waals surface area (Å²) < 4.78 is 74.1. The Morgan fingerprint density at radius 3 is 1.31 bits per heavy atom. The lowest BCUT2D eigenvalue weighted by atomic mass is 9.99. The first kappa shape index (κ1) is 19.4. The molecule has 0 aliphatic rings. The first-order valence-electron chi connectivity index (χ1n) is 18.8. The lowest BCUT2D eigenvalue weighted by Gasteiger charge is -2.26. The normalized spacial score (nSPS) is 13.6. The molecule has 0 heterocycles. The van der Waals surface area contributed by atoms with Crippen LogP contribution >= 0.6 is 0 Å². The molecule has 8 aromatic rings. The molecule has 8 aromatic carbocycles. The Bertz CT molecular complexity index is 2670. The van der Waals surface area contributed by atoms with Crippen molar-refractivity contribution < 1.29 is 11.0 Å². The smallest absolute Gasteiger partial charge is 0.0645 e. The zero-order valence-electron chi connectivity index (χ0n) is 32.2. The monoisotopic (exact) mass is 581 g/mol. The largest absolute Gasteiger partial charge is 0.310 e. The van der Waals surface area contributed by atoms with Gasteiger partial charge in [-0.25, -0.2) is 0 Å². The van der Waals surface area contributed by atoms with E-state index >= 15 is 0 Å². The SMILES string of the molecule is [2H]c1c([2H])c(N(c2cccc(-c3ccc4ccccc4c3)c2)c2c([2H])c([2H])c(-c3ccc4ccccc4c3)c([2H])c2[2H])c([2H])c([2H])c1-c1ccccc1. The fourth-order valence-electron chi connectivity index (χ4n) is 5.64. The Morgan fingerprint density at radius 2 is 0.733 bits per heavy atom. The molecule has 0 spiro atoms. The van der Waals surface area contributed by atoms with Crippen LogP contribution < -0.4 is 4.90 Å². The number of nitrogens with zero attached hydrogens (tertiary/aromatic N) is 1. The van der Waals surface area contributed by atoms with Crippen LogP contribution in [-0.4, -0.2) is 0 Å². The van der Waals surface area contributed by atoms with E-state index in [9.17, 15) is 8.22 Å². The van der Waals surface area contributed by atoms with E-state index in [2.05, 4.69) is 6.07 Å². The Balaban J connectivity index is 1.39. The van der Waals surface area contributed by atoms with Crippen LogP contribution in [-0.2, 0) is 0 Å². The topological polar surface area (TPSA) is 3.24 Å². The summed E-state index contributed by atoms with van der Waals surface area (Å²) in [5.74, 6) is 0. The average Bonchev–Trinajstić information content (AvgIpc) is 3.19. The van der Waals surface area contributed by atoms with Crippen LogP contribution in [0.4, 0.5) is 17.1 Å². The predicted molar refractivity (Wildman–Crippen MR) is 192 cm³/mol. The van der Waals surface area contributed by atoms with Crippen molar-refractivity contribution in [1.82, 2.24) is 0 Å². The molecular weight excluding hydrogens is 542 g/mol. The van der Waals surface area contributed by atoms with Gasteiger partial charge in [0.25, 0.3) is 0 Å². The Morgan fingerprint density at radius 1 is 0.289 bits per heavy atom. The maximum absolute atomic E-state index is 9.40. The maximum atomic E-state index is 9.40. The van der Waals surface area contributed by atoms with Gasteiger partial charge in [-0.05, 0) is 103 Å². The second kappa shape index (κ2) is 11.6. The molecule has 0 aliphatic carbocycles. The quantitative estimate of drug-likeness (QED) is 0.189. The third-order valence-electron chi connectivity index (χ3n) is 7.96. The van der Waals surface area contributed by atoms with Crippen molar-refractivity contribution in [3.63, 3.8) is 0 Å². The third kappa shape index (κ3) is 5.37. The second-order valence-corrected chi connectivity index (χ2v) is 10.8. The van der Waals surface area contributed by atoms with E-state index in [1.54, 1.807) is 42.5 Å². The summed E-state index contributed by atoms with van der Waals surface area (Å²) in [5, 5.41) is 3.97. The fraction of sp³-hybridized carbons (Fsp3) is 0. The molecule has 8 rings (SSSR count). The molecule has 0 saturated heterocycles. The molecule has 0 unspecified atom stereocenters. The first-order valence-corrected chi connectivity index (χ1v) is 14.8. The Hall–Kier alpha value is -5.92. The molecule has 0 aromatic heterocycles. The van der Waals surface area contributed by atoms with E-state index in [1.165, 1.54) is 4.90 Å². The molecular formula is C44H31N. The number of hydrogen-bond acceptors (Lipinski definition) is 1. The number of anilines is 3. The lowest BCUT2D eigenvalue weighted by molar-refractivity contribution is 1.28. The zero-order chi connectivity index (χ0) is 37.0. The highest BCUT2D eigenvalue weighted by atomic mass is 15.1. The van der Waals surface area contributed by atoms with Crippen molar-refractivity contribution in [2.24, 2.45) is 0 Å². The van der Waals surface area contributed by atoms with Crippen molar-refractivity contribution in [3.8, 4) is 33.4 Å². The molecule has 0 saturated carbocycles. The van der Waals surface area contributed by atoms with Crippen molar-refractivity contribution in [2.45, 2.75) is 0 Å². The third-order valence-corrected chi connectivity index (χ3v) is 7.96. The molecule has 0 aliphatic heterocycles. The average molecular weight is 582 g/mol. The molecule has 212 valence electrons. The highest BCUT2D eigenvalue weighted by molar-refractivity contribution is 5.90. The molecule has 0 fully saturated rings. The van der Waals surface area contributed by atoms with E-state index in [1.807, 2.05) is 91.0 Å². The van der Waals surface area contributed by atoms with Gasteiger partial charge < -0.3 is 4.90 Å². The number of fused-ring (bicyclic) bond motifs is 2. The van der Waals surface area contributed by atoms with Crippen LogP contribution in [0.3, 0.4) is 0 Å². The van der Waals surface area contributed by atoms with Gasteiger partial charge in [-0.1, -0.05) is 139 Å². The van der Waals surface area contributed by atoms with Crippen molar-refractivity contribution in [3.05, 3.63) is 188 Å². The summed E-state index contributed by atoms with van der Waals surface area (Å²) in [6.07, 6.45) is 0.